The molecule has 2 atom stereocenters. The van der Waals surface area contributed by atoms with Crippen LogP contribution < -0.4 is 5.32 Å². The molecule has 0 aromatic carbocycles. The molecule has 0 bridgehead atoms. The van der Waals surface area contributed by atoms with Crippen molar-refractivity contribution >= 4 is 0 Å². The van der Waals surface area contributed by atoms with Gasteiger partial charge in [-0.15, -0.1) is 0 Å². The summed E-state index contributed by atoms with van der Waals surface area (Å²) >= 11 is 0. The van der Waals surface area contributed by atoms with E-state index in [0.717, 1.165) is 24.8 Å². The maximum Gasteiger partial charge on any atom is 0.105 e. The summed E-state index contributed by atoms with van der Waals surface area (Å²) in [5.41, 5.74) is 0. The number of hydrogen-bond acceptors (Lipinski definition) is 2. The van der Waals surface area contributed by atoms with Gasteiger partial charge in [-0.1, -0.05) is 20.3 Å². The lowest BCUT2D eigenvalue weighted by Gasteiger charge is -2.17. The summed E-state index contributed by atoms with van der Waals surface area (Å²) in [5.74, 6) is 1.91. The predicted molar refractivity (Wildman–Crippen MR) is 68.5 cm³/mol. The molecule has 0 saturated heterocycles. The van der Waals surface area contributed by atoms with Crippen LogP contribution >= 0.6 is 0 Å². The molecule has 0 radical (unpaired) electrons. The maximum atomic E-state index is 4.21. The number of rotatable bonds is 7. The Kier molecular flexibility index (Phi) is 5.53. The van der Waals surface area contributed by atoms with E-state index in [1.54, 1.807) is 0 Å². The molecule has 0 amide bonds. The van der Waals surface area contributed by atoms with Gasteiger partial charge in [0.05, 0.1) is 0 Å². The van der Waals surface area contributed by atoms with Crippen molar-refractivity contribution in [1.82, 2.24) is 14.9 Å². The van der Waals surface area contributed by atoms with Crippen molar-refractivity contribution in [1.29, 1.82) is 0 Å². The Labute approximate surface area is 99.3 Å². The van der Waals surface area contributed by atoms with Crippen LogP contribution in [-0.4, -0.2) is 22.1 Å². The first kappa shape index (κ1) is 13.2. The van der Waals surface area contributed by atoms with Gasteiger partial charge < -0.3 is 9.88 Å². The predicted octanol–water partition coefficient (Wildman–Crippen LogP) is 2.61. The van der Waals surface area contributed by atoms with E-state index in [2.05, 4.69) is 35.6 Å². The van der Waals surface area contributed by atoms with Crippen molar-refractivity contribution in [2.75, 3.05) is 6.54 Å². The second-order valence-corrected chi connectivity index (χ2v) is 4.77. The van der Waals surface area contributed by atoms with Crippen molar-refractivity contribution in [2.45, 2.75) is 53.1 Å². The summed E-state index contributed by atoms with van der Waals surface area (Å²) < 4.78 is 2.18. The quantitative estimate of drug-likeness (QED) is 0.770. The lowest BCUT2D eigenvalue weighted by atomic mass is 10.0. The van der Waals surface area contributed by atoms with Gasteiger partial charge in [-0.05, 0) is 26.2 Å². The zero-order valence-electron chi connectivity index (χ0n) is 11.0. The van der Waals surface area contributed by atoms with Gasteiger partial charge in [-0.3, -0.25) is 0 Å². The van der Waals surface area contributed by atoms with E-state index in [-0.39, 0.29) is 0 Å². The molecule has 0 aliphatic heterocycles. The van der Waals surface area contributed by atoms with E-state index in [1.807, 2.05) is 19.3 Å². The van der Waals surface area contributed by atoms with Crippen LogP contribution in [-0.2, 0) is 6.54 Å². The number of aromatic nitrogens is 2. The molecule has 0 saturated carbocycles. The zero-order valence-corrected chi connectivity index (χ0v) is 11.0. The first-order valence-corrected chi connectivity index (χ1v) is 6.34. The molecule has 1 heterocycles. The second-order valence-electron chi connectivity index (χ2n) is 4.77. The van der Waals surface area contributed by atoms with E-state index in [4.69, 9.17) is 0 Å². The minimum absolute atomic E-state index is 0.610. The van der Waals surface area contributed by atoms with Gasteiger partial charge in [-0.25, -0.2) is 4.98 Å². The standard InChI is InChI=1S/C13H25N3/c1-5-11(2)10-12(3)14-6-8-16-9-7-15-13(16)4/h7,9,11-12,14H,5-6,8,10H2,1-4H3. The Morgan fingerprint density at radius 1 is 1.44 bits per heavy atom. The average Bonchev–Trinajstić information content (AvgIpc) is 2.64. The van der Waals surface area contributed by atoms with E-state index >= 15 is 0 Å². The highest BCUT2D eigenvalue weighted by molar-refractivity contribution is 4.88. The fraction of sp³-hybridized carbons (Fsp3) is 0.769. The molecule has 1 N–H and O–H groups in total. The first-order valence-electron chi connectivity index (χ1n) is 6.34. The highest BCUT2D eigenvalue weighted by Crippen LogP contribution is 2.09. The third kappa shape index (κ3) is 4.35. The SMILES string of the molecule is CCC(C)CC(C)NCCn1ccnc1C. The number of nitrogens with one attached hydrogen (secondary N) is 1. The lowest BCUT2D eigenvalue weighted by Crippen LogP contribution is -2.30. The highest BCUT2D eigenvalue weighted by Gasteiger charge is 2.06. The maximum absolute atomic E-state index is 4.21. The molecule has 0 spiro atoms. The largest absolute Gasteiger partial charge is 0.334 e. The van der Waals surface area contributed by atoms with Crippen molar-refractivity contribution < 1.29 is 0 Å². The Balaban J connectivity index is 2.18. The Hall–Kier alpha value is -0.830. The van der Waals surface area contributed by atoms with Crippen molar-refractivity contribution in [3.05, 3.63) is 18.2 Å². The van der Waals surface area contributed by atoms with E-state index in [1.165, 1.54) is 12.8 Å². The fourth-order valence-corrected chi connectivity index (χ4v) is 1.92. The van der Waals surface area contributed by atoms with E-state index in [0.29, 0.717) is 6.04 Å². The van der Waals surface area contributed by atoms with Crippen LogP contribution in [0.2, 0.25) is 0 Å². The Morgan fingerprint density at radius 2 is 2.19 bits per heavy atom. The minimum Gasteiger partial charge on any atom is -0.334 e. The third-order valence-corrected chi connectivity index (χ3v) is 3.22. The topological polar surface area (TPSA) is 29.9 Å². The normalized spacial score (nSPS) is 15.0. The summed E-state index contributed by atoms with van der Waals surface area (Å²) in [6.45, 7) is 10.9. The Morgan fingerprint density at radius 3 is 2.75 bits per heavy atom. The van der Waals surface area contributed by atoms with Crippen LogP contribution in [0.5, 0.6) is 0 Å². The van der Waals surface area contributed by atoms with Crippen molar-refractivity contribution in [2.24, 2.45) is 5.92 Å². The summed E-state index contributed by atoms with van der Waals surface area (Å²) in [4.78, 5) is 4.21. The summed E-state index contributed by atoms with van der Waals surface area (Å²) in [6, 6.07) is 0.610. The summed E-state index contributed by atoms with van der Waals surface area (Å²) in [5, 5.41) is 3.56. The van der Waals surface area contributed by atoms with Crippen LogP contribution in [0.3, 0.4) is 0 Å². The second kappa shape index (κ2) is 6.69. The molecule has 1 rings (SSSR count). The van der Waals surface area contributed by atoms with Gasteiger partial charge in [0.1, 0.15) is 5.82 Å². The fourth-order valence-electron chi connectivity index (χ4n) is 1.92. The molecule has 0 fully saturated rings. The number of nitrogens with zero attached hydrogens (tertiary/aromatic N) is 2. The van der Waals surface area contributed by atoms with Crippen LogP contribution in [0.1, 0.15) is 39.4 Å². The van der Waals surface area contributed by atoms with Gasteiger partial charge in [0.2, 0.25) is 0 Å². The molecule has 3 heteroatoms. The van der Waals surface area contributed by atoms with Crippen LogP contribution in [0, 0.1) is 12.8 Å². The minimum atomic E-state index is 0.610. The molecule has 3 nitrogen and oxygen atoms in total. The monoisotopic (exact) mass is 223 g/mol. The van der Waals surface area contributed by atoms with Crippen LogP contribution in [0.4, 0.5) is 0 Å². The lowest BCUT2D eigenvalue weighted by molar-refractivity contribution is 0.405. The number of imidazole rings is 1. The molecule has 1 aromatic heterocycles. The van der Waals surface area contributed by atoms with Gasteiger partial charge in [-0.2, -0.15) is 0 Å². The molecule has 1 aromatic rings. The summed E-state index contributed by atoms with van der Waals surface area (Å²) in [6.07, 6.45) is 6.43. The van der Waals surface area contributed by atoms with Gasteiger partial charge >= 0.3 is 0 Å². The van der Waals surface area contributed by atoms with Crippen molar-refractivity contribution in [3.8, 4) is 0 Å². The Bertz CT molecular complexity index is 293. The van der Waals surface area contributed by atoms with Gasteiger partial charge in [0.15, 0.2) is 0 Å². The molecule has 2 unspecified atom stereocenters. The van der Waals surface area contributed by atoms with Gasteiger partial charge in [0, 0.05) is 31.5 Å². The van der Waals surface area contributed by atoms with E-state index in [9.17, 15) is 0 Å². The molecule has 0 aliphatic carbocycles. The third-order valence-electron chi connectivity index (χ3n) is 3.22. The molecular formula is C13H25N3. The molecule has 16 heavy (non-hydrogen) atoms. The first-order chi connectivity index (χ1) is 7.63. The molecular weight excluding hydrogens is 198 g/mol. The van der Waals surface area contributed by atoms with E-state index < -0.39 is 0 Å². The zero-order chi connectivity index (χ0) is 12.0. The highest BCUT2D eigenvalue weighted by atomic mass is 15.1. The number of aryl methyl sites for hydroxylation is 1. The molecule has 92 valence electrons. The van der Waals surface area contributed by atoms with Gasteiger partial charge in [0.25, 0.3) is 0 Å². The van der Waals surface area contributed by atoms with Crippen LogP contribution in [0.15, 0.2) is 12.4 Å². The summed E-state index contributed by atoms with van der Waals surface area (Å²) in [7, 11) is 0. The van der Waals surface area contributed by atoms with Crippen molar-refractivity contribution in [3.63, 3.8) is 0 Å². The molecule has 0 aliphatic rings. The smallest absolute Gasteiger partial charge is 0.105 e. The average molecular weight is 223 g/mol. The van der Waals surface area contributed by atoms with Crippen LogP contribution in [0.25, 0.3) is 0 Å². The number of hydrogen-bond donors (Lipinski definition) is 1.